The maximum absolute atomic E-state index is 5.77. The highest BCUT2D eigenvalue weighted by Gasteiger charge is 2.02. The number of pyridine rings is 1. The Labute approximate surface area is 102 Å². The van der Waals surface area contributed by atoms with Crippen LogP contribution in [0.2, 0.25) is 0 Å². The van der Waals surface area contributed by atoms with E-state index in [1.807, 2.05) is 26.1 Å². The van der Waals surface area contributed by atoms with Gasteiger partial charge in [0.15, 0.2) is 0 Å². The van der Waals surface area contributed by atoms with E-state index in [4.69, 9.17) is 5.73 Å². The molecule has 0 aliphatic rings. The van der Waals surface area contributed by atoms with Crippen molar-refractivity contribution in [3.63, 3.8) is 0 Å². The number of benzene rings is 1. The Bertz CT molecular complexity index is 500. The second kappa shape index (κ2) is 4.97. The van der Waals surface area contributed by atoms with Gasteiger partial charge in [-0.15, -0.1) is 0 Å². The summed E-state index contributed by atoms with van der Waals surface area (Å²) in [5.41, 5.74) is 10.2. The lowest BCUT2D eigenvalue weighted by atomic mass is 10.1. The zero-order valence-corrected chi connectivity index (χ0v) is 10.2. The lowest BCUT2D eigenvalue weighted by molar-refractivity contribution is 0.818. The number of rotatable bonds is 3. The van der Waals surface area contributed by atoms with Crippen molar-refractivity contribution in [3.05, 3.63) is 47.5 Å². The molecule has 0 aliphatic carbocycles. The van der Waals surface area contributed by atoms with Gasteiger partial charge in [0.05, 0.1) is 5.69 Å². The first kappa shape index (κ1) is 11.6. The second-order valence-corrected chi connectivity index (χ2v) is 4.19. The maximum atomic E-state index is 5.77. The predicted molar refractivity (Wildman–Crippen MR) is 71.6 cm³/mol. The smallest absolute Gasteiger partial charge is 0.124 e. The van der Waals surface area contributed by atoms with E-state index >= 15 is 0 Å². The quantitative estimate of drug-likeness (QED) is 0.846. The minimum atomic E-state index is 0.569. The SMILES string of the molecule is CNCc1cccc(-c2cc(C)cc(N)n2)c1. The number of nitrogens with zero attached hydrogens (tertiary/aromatic N) is 1. The fourth-order valence-electron chi connectivity index (χ4n) is 1.89. The van der Waals surface area contributed by atoms with Gasteiger partial charge in [-0.3, -0.25) is 0 Å². The summed E-state index contributed by atoms with van der Waals surface area (Å²) in [6.45, 7) is 2.88. The second-order valence-electron chi connectivity index (χ2n) is 4.19. The standard InChI is InChI=1S/C14H17N3/c1-10-6-13(17-14(15)7-10)12-5-3-4-11(8-12)9-16-2/h3-8,16H,9H2,1-2H3,(H2,15,17). The van der Waals surface area contributed by atoms with Gasteiger partial charge >= 0.3 is 0 Å². The highest BCUT2D eigenvalue weighted by molar-refractivity contribution is 5.62. The number of hydrogen-bond donors (Lipinski definition) is 2. The van der Waals surface area contributed by atoms with Gasteiger partial charge < -0.3 is 11.1 Å². The average molecular weight is 227 g/mol. The van der Waals surface area contributed by atoms with Crippen molar-refractivity contribution in [2.45, 2.75) is 13.5 Å². The minimum Gasteiger partial charge on any atom is -0.384 e. The molecule has 3 heteroatoms. The highest BCUT2D eigenvalue weighted by atomic mass is 14.8. The van der Waals surface area contributed by atoms with E-state index in [2.05, 4.69) is 34.6 Å². The Morgan fingerprint density at radius 3 is 2.76 bits per heavy atom. The number of anilines is 1. The summed E-state index contributed by atoms with van der Waals surface area (Å²) < 4.78 is 0. The van der Waals surface area contributed by atoms with Crippen LogP contribution in [0.25, 0.3) is 11.3 Å². The Morgan fingerprint density at radius 1 is 1.24 bits per heavy atom. The topological polar surface area (TPSA) is 50.9 Å². The molecule has 3 N–H and O–H groups in total. The molecule has 0 bridgehead atoms. The molecule has 2 rings (SSSR count). The summed E-state index contributed by atoms with van der Waals surface area (Å²) in [5.74, 6) is 0.569. The van der Waals surface area contributed by atoms with Crippen LogP contribution in [0.1, 0.15) is 11.1 Å². The normalized spacial score (nSPS) is 10.5. The molecule has 0 saturated carbocycles. The molecule has 1 aromatic heterocycles. The largest absolute Gasteiger partial charge is 0.384 e. The molecule has 1 heterocycles. The molecule has 0 radical (unpaired) electrons. The lowest BCUT2D eigenvalue weighted by Gasteiger charge is -2.06. The molecule has 17 heavy (non-hydrogen) atoms. The van der Waals surface area contributed by atoms with E-state index in [0.717, 1.165) is 23.4 Å². The minimum absolute atomic E-state index is 0.569. The molecule has 0 saturated heterocycles. The first-order valence-corrected chi connectivity index (χ1v) is 5.67. The molecule has 0 unspecified atom stereocenters. The van der Waals surface area contributed by atoms with Crippen molar-refractivity contribution in [2.75, 3.05) is 12.8 Å². The zero-order valence-electron chi connectivity index (χ0n) is 10.2. The van der Waals surface area contributed by atoms with Crippen LogP contribution in [-0.4, -0.2) is 12.0 Å². The van der Waals surface area contributed by atoms with Crippen molar-refractivity contribution in [2.24, 2.45) is 0 Å². The van der Waals surface area contributed by atoms with Crippen LogP contribution in [-0.2, 0) is 6.54 Å². The van der Waals surface area contributed by atoms with Gasteiger partial charge in [-0.1, -0.05) is 18.2 Å². The molecule has 88 valence electrons. The van der Waals surface area contributed by atoms with E-state index in [1.165, 1.54) is 5.56 Å². The third kappa shape index (κ3) is 2.82. The first-order valence-electron chi connectivity index (χ1n) is 5.67. The Morgan fingerprint density at radius 2 is 2.06 bits per heavy atom. The monoisotopic (exact) mass is 227 g/mol. The van der Waals surface area contributed by atoms with Crippen molar-refractivity contribution < 1.29 is 0 Å². The van der Waals surface area contributed by atoms with Crippen LogP contribution in [0.15, 0.2) is 36.4 Å². The van der Waals surface area contributed by atoms with Gasteiger partial charge in [-0.2, -0.15) is 0 Å². The van der Waals surface area contributed by atoms with Crippen molar-refractivity contribution >= 4 is 5.82 Å². The van der Waals surface area contributed by atoms with E-state index < -0.39 is 0 Å². The van der Waals surface area contributed by atoms with Crippen LogP contribution >= 0.6 is 0 Å². The number of nitrogens with one attached hydrogen (secondary N) is 1. The van der Waals surface area contributed by atoms with Gasteiger partial charge in [-0.05, 0) is 43.3 Å². The predicted octanol–water partition coefficient (Wildman–Crippen LogP) is 2.36. The number of aromatic nitrogens is 1. The fourth-order valence-corrected chi connectivity index (χ4v) is 1.89. The van der Waals surface area contributed by atoms with Crippen molar-refractivity contribution in [1.29, 1.82) is 0 Å². The van der Waals surface area contributed by atoms with Gasteiger partial charge in [0, 0.05) is 12.1 Å². The molecule has 0 spiro atoms. The molecule has 2 aromatic rings. The Hall–Kier alpha value is -1.87. The molecule has 0 amide bonds. The van der Waals surface area contributed by atoms with Crippen molar-refractivity contribution in [3.8, 4) is 11.3 Å². The van der Waals surface area contributed by atoms with E-state index in [-0.39, 0.29) is 0 Å². The van der Waals surface area contributed by atoms with Crippen LogP contribution in [0.4, 0.5) is 5.82 Å². The summed E-state index contributed by atoms with van der Waals surface area (Å²) in [6, 6.07) is 12.3. The summed E-state index contributed by atoms with van der Waals surface area (Å²) in [5, 5.41) is 3.14. The molecular formula is C14H17N3. The molecule has 3 nitrogen and oxygen atoms in total. The van der Waals surface area contributed by atoms with Crippen LogP contribution < -0.4 is 11.1 Å². The van der Waals surface area contributed by atoms with Crippen molar-refractivity contribution in [1.82, 2.24) is 10.3 Å². The fraction of sp³-hybridized carbons (Fsp3) is 0.214. The molecule has 1 aromatic carbocycles. The first-order chi connectivity index (χ1) is 8.19. The maximum Gasteiger partial charge on any atom is 0.124 e. The van der Waals surface area contributed by atoms with Crippen LogP contribution in [0.3, 0.4) is 0 Å². The number of hydrogen-bond acceptors (Lipinski definition) is 3. The molecule has 0 aliphatic heterocycles. The van der Waals surface area contributed by atoms with Gasteiger partial charge in [0.1, 0.15) is 5.82 Å². The third-order valence-corrected chi connectivity index (χ3v) is 2.59. The third-order valence-electron chi connectivity index (χ3n) is 2.59. The number of nitrogens with two attached hydrogens (primary N) is 1. The summed E-state index contributed by atoms with van der Waals surface area (Å²) in [6.07, 6.45) is 0. The lowest BCUT2D eigenvalue weighted by Crippen LogP contribution is -2.04. The average Bonchev–Trinajstić information content (AvgIpc) is 2.28. The Kier molecular flexibility index (Phi) is 3.40. The Balaban J connectivity index is 2.41. The van der Waals surface area contributed by atoms with E-state index in [0.29, 0.717) is 5.82 Å². The van der Waals surface area contributed by atoms with Gasteiger partial charge in [-0.25, -0.2) is 4.98 Å². The van der Waals surface area contributed by atoms with E-state index in [1.54, 1.807) is 0 Å². The van der Waals surface area contributed by atoms with Gasteiger partial charge in [0.25, 0.3) is 0 Å². The summed E-state index contributed by atoms with van der Waals surface area (Å²) >= 11 is 0. The highest BCUT2D eigenvalue weighted by Crippen LogP contribution is 2.21. The number of nitrogen functional groups attached to an aromatic ring is 1. The molecule has 0 fully saturated rings. The van der Waals surface area contributed by atoms with Crippen LogP contribution in [0.5, 0.6) is 0 Å². The molecular weight excluding hydrogens is 210 g/mol. The summed E-state index contributed by atoms with van der Waals surface area (Å²) in [4.78, 5) is 4.36. The van der Waals surface area contributed by atoms with E-state index in [9.17, 15) is 0 Å². The summed E-state index contributed by atoms with van der Waals surface area (Å²) in [7, 11) is 1.94. The molecule has 0 atom stereocenters. The number of aryl methyl sites for hydroxylation is 1. The zero-order chi connectivity index (χ0) is 12.3. The van der Waals surface area contributed by atoms with Crippen LogP contribution in [0, 0.1) is 6.92 Å². The van der Waals surface area contributed by atoms with Gasteiger partial charge in [0.2, 0.25) is 0 Å².